The average molecular weight is 427 g/mol. The number of nitrogens with one attached hydrogen (secondary N) is 1. The number of hydrogen-bond donors (Lipinski definition) is 1. The summed E-state index contributed by atoms with van der Waals surface area (Å²) in [6.45, 7) is 5.99. The molecule has 0 aliphatic carbocycles. The molecule has 0 fully saturated rings. The molecule has 0 spiro atoms. The molecule has 29 heavy (non-hydrogen) atoms. The molecule has 4 rings (SSSR count). The molecule has 8 heteroatoms. The minimum atomic E-state index is -0.292. The summed E-state index contributed by atoms with van der Waals surface area (Å²) in [6.07, 6.45) is 0. The molecule has 0 aliphatic heterocycles. The Morgan fingerprint density at radius 2 is 1.93 bits per heavy atom. The maximum atomic E-state index is 13.0. The van der Waals surface area contributed by atoms with Gasteiger partial charge in [0.25, 0.3) is 0 Å². The quantitative estimate of drug-likeness (QED) is 0.441. The first-order chi connectivity index (χ1) is 13.9. The van der Waals surface area contributed by atoms with E-state index in [0.717, 1.165) is 26.4 Å². The Hall–Kier alpha value is -2.71. The fraction of sp³-hybridized carbons (Fsp3) is 0.190. The monoisotopic (exact) mass is 426 g/mol. The van der Waals surface area contributed by atoms with Crippen LogP contribution in [0.2, 0.25) is 0 Å². The van der Waals surface area contributed by atoms with Crippen molar-refractivity contribution in [1.82, 2.24) is 14.8 Å². The Bertz CT molecular complexity index is 1200. The molecule has 148 valence electrons. The van der Waals surface area contributed by atoms with Gasteiger partial charge in [-0.1, -0.05) is 17.4 Å². The molecular weight excluding hydrogens is 407 g/mol. The number of amides is 1. The lowest BCUT2D eigenvalue weighted by molar-refractivity contribution is -0.113. The van der Waals surface area contributed by atoms with Gasteiger partial charge >= 0.3 is 0 Å². The van der Waals surface area contributed by atoms with Crippen molar-refractivity contribution in [1.29, 1.82) is 0 Å². The Labute approximate surface area is 176 Å². The van der Waals surface area contributed by atoms with E-state index in [0.29, 0.717) is 10.9 Å². The topological polar surface area (TPSA) is 59.8 Å². The van der Waals surface area contributed by atoms with E-state index in [2.05, 4.69) is 29.5 Å². The van der Waals surface area contributed by atoms with Crippen molar-refractivity contribution < 1.29 is 9.18 Å². The predicted octanol–water partition coefficient (Wildman–Crippen LogP) is 5.28. The van der Waals surface area contributed by atoms with Gasteiger partial charge in [-0.2, -0.15) is 9.78 Å². The van der Waals surface area contributed by atoms with Crippen molar-refractivity contribution in [2.24, 2.45) is 0 Å². The van der Waals surface area contributed by atoms with E-state index in [-0.39, 0.29) is 17.5 Å². The first kappa shape index (κ1) is 19.6. The normalized spacial score (nSPS) is 11.2. The van der Waals surface area contributed by atoms with E-state index in [1.165, 1.54) is 29.5 Å². The lowest BCUT2D eigenvalue weighted by atomic mass is 10.1. The minimum absolute atomic E-state index is 0.159. The number of carbonyl (C=O) groups is 1. The third kappa shape index (κ3) is 4.33. The van der Waals surface area contributed by atoms with Crippen LogP contribution in [0.5, 0.6) is 0 Å². The van der Waals surface area contributed by atoms with Crippen LogP contribution in [0.1, 0.15) is 16.8 Å². The first-order valence-electron chi connectivity index (χ1n) is 9.02. The highest BCUT2D eigenvalue weighted by Gasteiger charge is 2.15. The van der Waals surface area contributed by atoms with Gasteiger partial charge < -0.3 is 5.32 Å². The number of benzene rings is 2. The zero-order chi connectivity index (χ0) is 20.5. The Morgan fingerprint density at radius 3 is 2.69 bits per heavy atom. The number of carbonyl (C=O) groups excluding carboxylic acids is 1. The Morgan fingerprint density at radius 1 is 1.17 bits per heavy atom. The van der Waals surface area contributed by atoms with E-state index in [9.17, 15) is 9.18 Å². The molecule has 0 bridgehead atoms. The second-order valence-electron chi connectivity index (χ2n) is 6.80. The van der Waals surface area contributed by atoms with Gasteiger partial charge in [0.15, 0.2) is 0 Å². The number of thioether (sulfide) groups is 1. The standard InChI is InChI=1S/C21H19FN4OS2/c1-12-8-13(2)20-17(9-12)29-21(24-20)26-18(10-14(3)25-26)23-19(27)11-28-16-6-4-15(22)5-7-16/h4-10H,11H2,1-3H3,(H,23,27). The maximum absolute atomic E-state index is 13.0. The third-order valence-electron chi connectivity index (χ3n) is 4.28. The number of halogens is 1. The van der Waals surface area contributed by atoms with Crippen LogP contribution in [-0.2, 0) is 4.79 Å². The number of hydrogen-bond acceptors (Lipinski definition) is 5. The van der Waals surface area contributed by atoms with E-state index in [4.69, 9.17) is 4.98 Å². The second kappa shape index (κ2) is 7.96. The van der Waals surface area contributed by atoms with E-state index >= 15 is 0 Å². The Kier molecular flexibility index (Phi) is 5.38. The summed E-state index contributed by atoms with van der Waals surface area (Å²) in [5.41, 5.74) is 4.05. The summed E-state index contributed by atoms with van der Waals surface area (Å²) >= 11 is 2.89. The van der Waals surface area contributed by atoms with Crippen molar-refractivity contribution in [3.8, 4) is 5.13 Å². The molecule has 0 atom stereocenters. The average Bonchev–Trinajstić information content (AvgIpc) is 3.24. The highest BCUT2D eigenvalue weighted by Crippen LogP contribution is 2.30. The smallest absolute Gasteiger partial charge is 0.235 e. The summed E-state index contributed by atoms with van der Waals surface area (Å²) in [6, 6.07) is 12.1. The van der Waals surface area contributed by atoms with E-state index in [1.807, 2.05) is 19.9 Å². The molecule has 0 saturated carbocycles. The second-order valence-corrected chi connectivity index (χ2v) is 8.86. The van der Waals surface area contributed by atoms with Crippen molar-refractivity contribution in [3.05, 3.63) is 65.1 Å². The number of fused-ring (bicyclic) bond motifs is 1. The lowest BCUT2D eigenvalue weighted by Gasteiger charge is -2.06. The van der Waals surface area contributed by atoms with Gasteiger partial charge in [-0.3, -0.25) is 4.79 Å². The molecule has 0 saturated heterocycles. The molecule has 2 aromatic heterocycles. The van der Waals surface area contributed by atoms with Gasteiger partial charge in [0.05, 0.1) is 21.7 Å². The lowest BCUT2D eigenvalue weighted by Crippen LogP contribution is -2.16. The molecule has 0 aliphatic rings. The zero-order valence-electron chi connectivity index (χ0n) is 16.2. The van der Waals surface area contributed by atoms with Crippen molar-refractivity contribution in [2.45, 2.75) is 25.7 Å². The third-order valence-corrected chi connectivity index (χ3v) is 6.27. The fourth-order valence-electron chi connectivity index (χ4n) is 3.04. The SMILES string of the molecule is Cc1cc(C)c2nc(-n3nc(C)cc3NC(=O)CSc3ccc(F)cc3)sc2c1. The van der Waals surface area contributed by atoms with Crippen LogP contribution in [-0.4, -0.2) is 26.4 Å². The van der Waals surface area contributed by atoms with Crippen LogP contribution in [0, 0.1) is 26.6 Å². The van der Waals surface area contributed by atoms with Gasteiger partial charge in [0, 0.05) is 11.0 Å². The number of anilines is 1. The van der Waals surface area contributed by atoms with Gasteiger partial charge in [-0.25, -0.2) is 9.37 Å². The highest BCUT2D eigenvalue weighted by molar-refractivity contribution is 8.00. The van der Waals surface area contributed by atoms with Gasteiger partial charge in [0.1, 0.15) is 11.6 Å². The molecular formula is C21H19FN4OS2. The predicted molar refractivity (Wildman–Crippen MR) is 117 cm³/mol. The minimum Gasteiger partial charge on any atom is -0.310 e. The first-order valence-corrected chi connectivity index (χ1v) is 10.8. The van der Waals surface area contributed by atoms with E-state index in [1.54, 1.807) is 28.2 Å². The van der Waals surface area contributed by atoms with E-state index < -0.39 is 0 Å². The molecule has 1 amide bonds. The van der Waals surface area contributed by atoms with Crippen LogP contribution < -0.4 is 5.32 Å². The molecule has 4 aromatic rings. The largest absolute Gasteiger partial charge is 0.310 e. The summed E-state index contributed by atoms with van der Waals surface area (Å²) in [5, 5.41) is 8.14. The number of thiazole rings is 1. The molecule has 2 aromatic carbocycles. The number of nitrogens with zero attached hydrogens (tertiary/aromatic N) is 3. The molecule has 5 nitrogen and oxygen atoms in total. The molecule has 0 radical (unpaired) electrons. The Balaban J connectivity index is 1.54. The van der Waals surface area contributed by atoms with Gasteiger partial charge in [0.2, 0.25) is 11.0 Å². The zero-order valence-corrected chi connectivity index (χ0v) is 17.8. The molecule has 0 unspecified atom stereocenters. The summed E-state index contributed by atoms with van der Waals surface area (Å²) in [5.74, 6) is 0.349. The fourth-order valence-corrected chi connectivity index (χ4v) is 4.85. The summed E-state index contributed by atoms with van der Waals surface area (Å²) < 4.78 is 15.8. The number of rotatable bonds is 5. The number of aryl methyl sites for hydroxylation is 3. The summed E-state index contributed by atoms with van der Waals surface area (Å²) in [7, 11) is 0. The van der Waals surface area contributed by atoms with Gasteiger partial charge in [-0.15, -0.1) is 11.8 Å². The van der Waals surface area contributed by atoms with Crippen LogP contribution >= 0.6 is 23.1 Å². The van der Waals surface area contributed by atoms with Gasteiger partial charge in [-0.05, 0) is 62.2 Å². The molecule has 1 N–H and O–H groups in total. The summed E-state index contributed by atoms with van der Waals surface area (Å²) in [4.78, 5) is 18.0. The number of aromatic nitrogens is 3. The maximum Gasteiger partial charge on any atom is 0.235 e. The molecule has 2 heterocycles. The highest BCUT2D eigenvalue weighted by atomic mass is 32.2. The van der Waals surface area contributed by atoms with Crippen molar-refractivity contribution in [2.75, 3.05) is 11.1 Å². The van der Waals surface area contributed by atoms with Crippen LogP contribution in [0.15, 0.2) is 47.4 Å². The van der Waals surface area contributed by atoms with Crippen molar-refractivity contribution >= 4 is 45.0 Å². The van der Waals surface area contributed by atoms with Crippen LogP contribution in [0.4, 0.5) is 10.2 Å². The van der Waals surface area contributed by atoms with Crippen LogP contribution in [0.25, 0.3) is 15.3 Å². The van der Waals surface area contributed by atoms with Crippen LogP contribution in [0.3, 0.4) is 0 Å². The van der Waals surface area contributed by atoms with Crippen molar-refractivity contribution in [3.63, 3.8) is 0 Å².